The zero-order valence-electron chi connectivity index (χ0n) is 9.65. The Hall–Kier alpha value is -1.78. The summed E-state index contributed by atoms with van der Waals surface area (Å²) in [6.45, 7) is 0. The summed E-state index contributed by atoms with van der Waals surface area (Å²) in [6, 6.07) is 9.73. The highest BCUT2D eigenvalue weighted by Crippen LogP contribution is 2.25. The van der Waals surface area contributed by atoms with E-state index in [1.54, 1.807) is 23.7 Å². The number of pyridine rings is 1. The summed E-state index contributed by atoms with van der Waals surface area (Å²) in [5.74, 6) is 0. The first-order valence-electron chi connectivity index (χ1n) is 5.74. The third-order valence-electron chi connectivity index (χ3n) is 2.89. The molecule has 0 aliphatic rings. The Morgan fingerprint density at radius 1 is 1.11 bits per heavy atom. The van der Waals surface area contributed by atoms with Crippen molar-refractivity contribution in [3.63, 3.8) is 0 Å². The van der Waals surface area contributed by atoms with Crippen molar-refractivity contribution in [2.75, 3.05) is 0 Å². The maximum absolute atomic E-state index is 10.3. The summed E-state index contributed by atoms with van der Waals surface area (Å²) in [7, 11) is 0. The molecular formula is C14H12N2OS. The highest BCUT2D eigenvalue weighted by molar-refractivity contribution is 7.09. The number of hydrogen-bond acceptors (Lipinski definition) is 4. The molecule has 1 unspecified atom stereocenters. The van der Waals surface area contributed by atoms with Gasteiger partial charge in [0.2, 0.25) is 0 Å². The van der Waals surface area contributed by atoms with Gasteiger partial charge in [0.05, 0.1) is 16.6 Å². The zero-order valence-corrected chi connectivity index (χ0v) is 10.5. The maximum atomic E-state index is 10.3. The van der Waals surface area contributed by atoms with Crippen molar-refractivity contribution in [2.45, 2.75) is 12.5 Å². The first kappa shape index (κ1) is 11.3. The van der Waals surface area contributed by atoms with E-state index in [9.17, 15) is 5.11 Å². The van der Waals surface area contributed by atoms with Crippen molar-refractivity contribution in [3.05, 3.63) is 58.7 Å². The lowest BCUT2D eigenvalue weighted by Gasteiger charge is -2.11. The number of nitrogens with zero attached hydrogens (tertiary/aromatic N) is 2. The first-order chi connectivity index (χ1) is 8.84. The fourth-order valence-electron chi connectivity index (χ4n) is 2.04. The topological polar surface area (TPSA) is 46.0 Å². The number of aliphatic hydroxyl groups excluding tert-OH is 1. The summed E-state index contributed by atoms with van der Waals surface area (Å²) >= 11 is 1.56. The van der Waals surface area contributed by atoms with E-state index in [-0.39, 0.29) is 0 Å². The molecule has 0 aliphatic carbocycles. The van der Waals surface area contributed by atoms with Crippen LogP contribution >= 0.6 is 11.3 Å². The second kappa shape index (κ2) is 4.84. The molecule has 1 atom stereocenters. The fraction of sp³-hybridized carbons (Fsp3) is 0.143. The number of fused-ring (bicyclic) bond motifs is 1. The van der Waals surface area contributed by atoms with Crippen molar-refractivity contribution in [2.24, 2.45) is 0 Å². The molecule has 1 aromatic carbocycles. The van der Waals surface area contributed by atoms with Crippen LogP contribution in [0.2, 0.25) is 0 Å². The van der Waals surface area contributed by atoms with Crippen molar-refractivity contribution in [3.8, 4) is 0 Å². The molecule has 3 nitrogen and oxygen atoms in total. The summed E-state index contributed by atoms with van der Waals surface area (Å²) < 4.78 is 0. The molecule has 0 spiro atoms. The number of rotatable bonds is 3. The average molecular weight is 256 g/mol. The molecule has 18 heavy (non-hydrogen) atoms. The van der Waals surface area contributed by atoms with Gasteiger partial charge in [-0.2, -0.15) is 0 Å². The van der Waals surface area contributed by atoms with Gasteiger partial charge in [-0.05, 0) is 17.7 Å². The average Bonchev–Trinajstić information content (AvgIpc) is 2.91. The maximum Gasteiger partial charge on any atom is 0.0954 e. The molecule has 1 N–H and O–H groups in total. The van der Waals surface area contributed by atoms with Gasteiger partial charge in [0.15, 0.2) is 0 Å². The lowest BCUT2D eigenvalue weighted by molar-refractivity contribution is 0.180. The van der Waals surface area contributed by atoms with E-state index in [0.29, 0.717) is 6.42 Å². The second-order valence-corrected chi connectivity index (χ2v) is 5.04. The van der Waals surface area contributed by atoms with Crippen LogP contribution in [0.25, 0.3) is 10.9 Å². The molecule has 3 rings (SSSR count). The molecule has 0 fully saturated rings. The van der Waals surface area contributed by atoms with Crippen molar-refractivity contribution < 1.29 is 5.11 Å². The Balaban J connectivity index is 1.98. The van der Waals surface area contributed by atoms with Crippen LogP contribution in [-0.4, -0.2) is 15.1 Å². The minimum atomic E-state index is -0.538. The summed E-state index contributed by atoms with van der Waals surface area (Å²) in [4.78, 5) is 8.50. The molecule has 2 heterocycles. The van der Waals surface area contributed by atoms with Crippen LogP contribution < -0.4 is 0 Å². The lowest BCUT2D eigenvalue weighted by atomic mass is 10.0. The number of para-hydroxylation sites is 1. The predicted octanol–water partition coefficient (Wildman–Crippen LogP) is 2.97. The molecule has 2 aromatic heterocycles. The van der Waals surface area contributed by atoms with Gasteiger partial charge in [0.25, 0.3) is 0 Å². The van der Waals surface area contributed by atoms with Crippen LogP contribution in [0, 0.1) is 0 Å². The third kappa shape index (κ3) is 2.12. The molecule has 0 saturated heterocycles. The zero-order chi connectivity index (χ0) is 12.4. The third-order valence-corrected chi connectivity index (χ3v) is 3.70. The van der Waals surface area contributed by atoms with Gasteiger partial charge in [0, 0.05) is 29.6 Å². The number of aromatic nitrogens is 2. The summed E-state index contributed by atoms with van der Waals surface area (Å²) in [6.07, 6.45) is 3.51. The Morgan fingerprint density at radius 2 is 2.00 bits per heavy atom. The van der Waals surface area contributed by atoms with Crippen LogP contribution in [0.3, 0.4) is 0 Å². The fourth-order valence-corrected chi connectivity index (χ4v) is 2.69. The van der Waals surface area contributed by atoms with Gasteiger partial charge < -0.3 is 5.11 Å². The molecular weight excluding hydrogens is 244 g/mol. The SMILES string of the molecule is OC(Cc1nccs1)c1ccnc2ccccc12. The highest BCUT2D eigenvalue weighted by atomic mass is 32.1. The van der Waals surface area contributed by atoms with Crippen LogP contribution in [-0.2, 0) is 6.42 Å². The van der Waals surface area contributed by atoms with E-state index in [0.717, 1.165) is 21.5 Å². The van der Waals surface area contributed by atoms with E-state index in [2.05, 4.69) is 9.97 Å². The smallest absolute Gasteiger partial charge is 0.0954 e. The van der Waals surface area contributed by atoms with Gasteiger partial charge in [-0.25, -0.2) is 4.98 Å². The van der Waals surface area contributed by atoms with Gasteiger partial charge in [0.1, 0.15) is 0 Å². The molecule has 0 radical (unpaired) electrons. The number of aliphatic hydroxyl groups is 1. The standard InChI is InChI=1S/C14H12N2OS/c17-13(9-14-16-7-8-18-14)11-5-6-15-12-4-2-1-3-10(11)12/h1-8,13,17H,9H2. The Labute approximate surface area is 109 Å². The molecule has 0 amide bonds. The Kier molecular flexibility index (Phi) is 3.04. The Bertz CT molecular complexity index is 646. The normalized spacial score (nSPS) is 12.7. The number of benzene rings is 1. The largest absolute Gasteiger partial charge is 0.388 e. The van der Waals surface area contributed by atoms with Gasteiger partial charge in [-0.1, -0.05) is 18.2 Å². The second-order valence-electron chi connectivity index (χ2n) is 4.06. The van der Waals surface area contributed by atoms with E-state index >= 15 is 0 Å². The summed E-state index contributed by atoms with van der Waals surface area (Å²) in [5.41, 5.74) is 1.82. The van der Waals surface area contributed by atoms with Crippen molar-refractivity contribution in [1.29, 1.82) is 0 Å². The molecule has 90 valence electrons. The van der Waals surface area contributed by atoms with Crippen LogP contribution in [0.5, 0.6) is 0 Å². The van der Waals surface area contributed by atoms with E-state index in [4.69, 9.17) is 0 Å². The predicted molar refractivity (Wildman–Crippen MR) is 72.5 cm³/mol. The summed E-state index contributed by atoms with van der Waals surface area (Å²) in [5, 5.41) is 14.2. The van der Waals surface area contributed by atoms with Crippen LogP contribution in [0.15, 0.2) is 48.1 Å². The molecule has 3 aromatic rings. The molecule has 0 saturated carbocycles. The van der Waals surface area contributed by atoms with Crippen molar-refractivity contribution >= 4 is 22.2 Å². The quantitative estimate of drug-likeness (QED) is 0.783. The number of hydrogen-bond donors (Lipinski definition) is 1. The minimum Gasteiger partial charge on any atom is -0.388 e. The monoisotopic (exact) mass is 256 g/mol. The first-order valence-corrected chi connectivity index (χ1v) is 6.62. The van der Waals surface area contributed by atoms with Gasteiger partial charge >= 0.3 is 0 Å². The van der Waals surface area contributed by atoms with Crippen LogP contribution in [0.1, 0.15) is 16.7 Å². The number of thiazole rings is 1. The Morgan fingerprint density at radius 3 is 2.83 bits per heavy atom. The molecule has 0 aliphatic heterocycles. The lowest BCUT2D eigenvalue weighted by Crippen LogP contribution is -2.02. The van der Waals surface area contributed by atoms with Crippen LogP contribution in [0.4, 0.5) is 0 Å². The van der Waals surface area contributed by atoms with Gasteiger partial charge in [-0.15, -0.1) is 11.3 Å². The van der Waals surface area contributed by atoms with E-state index in [1.165, 1.54) is 0 Å². The molecule has 4 heteroatoms. The molecule has 0 bridgehead atoms. The van der Waals surface area contributed by atoms with E-state index < -0.39 is 6.10 Å². The van der Waals surface area contributed by atoms with Gasteiger partial charge in [-0.3, -0.25) is 4.98 Å². The minimum absolute atomic E-state index is 0.538. The van der Waals surface area contributed by atoms with E-state index in [1.807, 2.05) is 35.7 Å². The van der Waals surface area contributed by atoms with Crippen molar-refractivity contribution in [1.82, 2.24) is 9.97 Å². The highest BCUT2D eigenvalue weighted by Gasteiger charge is 2.13.